The van der Waals surface area contributed by atoms with Crippen molar-refractivity contribution in [1.29, 1.82) is 0 Å². The summed E-state index contributed by atoms with van der Waals surface area (Å²) in [5.41, 5.74) is 0. The van der Waals surface area contributed by atoms with Crippen LogP contribution in [-0.2, 0) is 38.1 Å². The second-order valence-corrected chi connectivity index (χ2v) is 5.36. The highest BCUT2D eigenvalue weighted by Crippen LogP contribution is 2.20. The Hall–Kier alpha value is -3.30. The molecule has 0 aliphatic carbocycles. The lowest BCUT2D eigenvalue weighted by atomic mass is 10.3. The third kappa shape index (κ3) is 7.94. The van der Waals surface area contributed by atoms with Gasteiger partial charge in [0, 0.05) is 0 Å². The molecular weight excluding hydrogens is 376 g/mol. The van der Waals surface area contributed by atoms with Crippen LogP contribution in [0.3, 0.4) is 0 Å². The Balaban J connectivity index is 2.49. The number of rotatable bonds is 10. The second-order valence-electron chi connectivity index (χ2n) is 5.36. The van der Waals surface area contributed by atoms with Crippen LogP contribution < -0.4 is 9.47 Å². The van der Waals surface area contributed by atoms with Crippen LogP contribution in [0.25, 0.3) is 0 Å². The van der Waals surface area contributed by atoms with Crippen molar-refractivity contribution in [2.24, 2.45) is 0 Å². The molecule has 1 aromatic carbocycles. The average Bonchev–Trinajstić information content (AvgIpc) is 2.70. The molecule has 0 spiro atoms. The first-order valence-electron chi connectivity index (χ1n) is 8.17. The molecule has 0 bridgehead atoms. The van der Waals surface area contributed by atoms with Gasteiger partial charge in [-0.3, -0.25) is 0 Å². The minimum Gasteiger partial charge on any atom is -0.479 e. The third-order valence-corrected chi connectivity index (χ3v) is 3.23. The van der Waals surface area contributed by atoms with E-state index in [9.17, 15) is 19.2 Å². The van der Waals surface area contributed by atoms with E-state index in [2.05, 4.69) is 9.47 Å². The van der Waals surface area contributed by atoms with Crippen LogP contribution in [0.4, 0.5) is 0 Å². The van der Waals surface area contributed by atoms with Crippen molar-refractivity contribution >= 4 is 23.9 Å². The van der Waals surface area contributed by atoms with E-state index in [-0.39, 0.29) is 0 Å². The van der Waals surface area contributed by atoms with Crippen LogP contribution >= 0.6 is 0 Å². The van der Waals surface area contributed by atoms with E-state index in [1.165, 1.54) is 52.3 Å². The molecule has 0 saturated carbocycles. The smallest absolute Gasteiger partial charge is 0.347 e. The number of hydrogen-bond acceptors (Lipinski definition) is 10. The maximum Gasteiger partial charge on any atom is 0.347 e. The number of ether oxygens (including phenoxy) is 6. The van der Waals surface area contributed by atoms with E-state index in [0.29, 0.717) is 11.5 Å². The quantitative estimate of drug-likeness (QED) is 0.410. The lowest BCUT2D eigenvalue weighted by Gasteiger charge is -2.15. The molecule has 0 aromatic heterocycles. The van der Waals surface area contributed by atoms with E-state index < -0.39 is 49.3 Å². The monoisotopic (exact) mass is 398 g/mol. The molecule has 0 aliphatic rings. The van der Waals surface area contributed by atoms with Gasteiger partial charge in [-0.25, -0.2) is 19.2 Å². The van der Waals surface area contributed by atoms with Crippen LogP contribution in [0, 0.1) is 0 Å². The predicted octanol–water partition coefficient (Wildman–Crippen LogP) is 0.654. The summed E-state index contributed by atoms with van der Waals surface area (Å²) in [6.07, 6.45) is -1.91. The molecule has 0 N–H and O–H groups in total. The maximum absolute atomic E-state index is 11.7. The zero-order valence-corrected chi connectivity index (χ0v) is 16.0. The normalized spacial score (nSPS) is 12.1. The van der Waals surface area contributed by atoms with E-state index in [4.69, 9.17) is 18.9 Å². The van der Waals surface area contributed by atoms with Crippen molar-refractivity contribution in [2.75, 3.05) is 27.4 Å². The van der Waals surface area contributed by atoms with Crippen LogP contribution in [0.1, 0.15) is 13.8 Å². The SMILES string of the molecule is COC(=O)COC(=O)C(C)Oc1ccc(OC(C)C(=O)OCC(=O)OC)cc1. The summed E-state index contributed by atoms with van der Waals surface area (Å²) in [5.74, 6) is -2.13. The molecule has 0 saturated heterocycles. The van der Waals surface area contributed by atoms with Gasteiger partial charge < -0.3 is 28.4 Å². The van der Waals surface area contributed by atoms with Gasteiger partial charge in [0.1, 0.15) is 11.5 Å². The number of methoxy groups -OCH3 is 2. The summed E-state index contributed by atoms with van der Waals surface area (Å²) in [4.78, 5) is 45.3. The highest BCUT2D eigenvalue weighted by molar-refractivity contribution is 5.79. The molecule has 28 heavy (non-hydrogen) atoms. The van der Waals surface area contributed by atoms with Crippen molar-refractivity contribution in [3.8, 4) is 11.5 Å². The number of carbonyl (C=O) groups excluding carboxylic acids is 4. The molecule has 154 valence electrons. The molecule has 0 fully saturated rings. The van der Waals surface area contributed by atoms with Crippen LogP contribution in [0.5, 0.6) is 11.5 Å². The van der Waals surface area contributed by atoms with Crippen molar-refractivity contribution < 1.29 is 47.6 Å². The van der Waals surface area contributed by atoms with Gasteiger partial charge in [0.15, 0.2) is 25.4 Å². The van der Waals surface area contributed by atoms with Gasteiger partial charge in [-0.05, 0) is 38.1 Å². The first-order valence-corrected chi connectivity index (χ1v) is 8.17. The van der Waals surface area contributed by atoms with Crippen molar-refractivity contribution in [3.05, 3.63) is 24.3 Å². The predicted molar refractivity (Wildman–Crippen MR) is 92.6 cm³/mol. The molecule has 10 heteroatoms. The molecule has 10 nitrogen and oxygen atoms in total. The van der Waals surface area contributed by atoms with E-state index in [1.807, 2.05) is 0 Å². The summed E-state index contributed by atoms with van der Waals surface area (Å²) in [6.45, 7) is 1.92. The standard InChI is InChI=1S/C18H22O10/c1-11(17(21)25-9-15(19)23-3)27-13-5-7-14(8-6-13)28-12(2)18(22)26-10-16(20)24-4/h5-8,11-12H,9-10H2,1-4H3. The molecular formula is C18H22O10. The van der Waals surface area contributed by atoms with Crippen molar-refractivity contribution in [2.45, 2.75) is 26.1 Å². The Bertz CT molecular complexity index is 623. The minimum absolute atomic E-state index is 0.343. The lowest BCUT2D eigenvalue weighted by molar-refractivity contribution is -0.161. The summed E-state index contributed by atoms with van der Waals surface area (Å²) < 4.78 is 29.0. The van der Waals surface area contributed by atoms with Gasteiger partial charge in [-0.1, -0.05) is 0 Å². The fraction of sp³-hybridized carbons (Fsp3) is 0.444. The molecule has 1 rings (SSSR count). The Morgan fingerprint density at radius 1 is 0.714 bits per heavy atom. The second kappa shape index (κ2) is 11.4. The molecule has 2 unspecified atom stereocenters. The fourth-order valence-corrected chi connectivity index (χ4v) is 1.71. The zero-order chi connectivity index (χ0) is 21.1. The molecule has 2 atom stereocenters. The van der Waals surface area contributed by atoms with Crippen molar-refractivity contribution in [3.63, 3.8) is 0 Å². The molecule has 0 radical (unpaired) electrons. The summed E-state index contributed by atoms with van der Waals surface area (Å²) in [7, 11) is 2.36. The Kier molecular flexibility index (Phi) is 9.28. The van der Waals surface area contributed by atoms with Gasteiger partial charge in [0.05, 0.1) is 14.2 Å². The van der Waals surface area contributed by atoms with Crippen LogP contribution in [-0.4, -0.2) is 63.5 Å². The zero-order valence-electron chi connectivity index (χ0n) is 16.0. The number of hydrogen-bond donors (Lipinski definition) is 0. The van der Waals surface area contributed by atoms with Crippen LogP contribution in [0.2, 0.25) is 0 Å². The highest BCUT2D eigenvalue weighted by Gasteiger charge is 2.19. The average molecular weight is 398 g/mol. The first-order chi connectivity index (χ1) is 13.3. The number of benzene rings is 1. The van der Waals surface area contributed by atoms with E-state index in [1.54, 1.807) is 0 Å². The fourth-order valence-electron chi connectivity index (χ4n) is 1.71. The van der Waals surface area contributed by atoms with E-state index in [0.717, 1.165) is 0 Å². The molecule has 0 heterocycles. The van der Waals surface area contributed by atoms with Gasteiger partial charge in [0.2, 0.25) is 0 Å². The Labute approximate surface area is 161 Å². The van der Waals surface area contributed by atoms with Gasteiger partial charge >= 0.3 is 23.9 Å². The molecule has 1 aromatic rings. The van der Waals surface area contributed by atoms with Gasteiger partial charge in [-0.2, -0.15) is 0 Å². The van der Waals surface area contributed by atoms with Crippen molar-refractivity contribution in [1.82, 2.24) is 0 Å². The summed E-state index contributed by atoms with van der Waals surface area (Å²) >= 11 is 0. The first kappa shape index (κ1) is 22.7. The largest absolute Gasteiger partial charge is 0.479 e. The summed E-state index contributed by atoms with van der Waals surface area (Å²) in [6, 6.07) is 6.08. The molecule has 0 amide bonds. The summed E-state index contributed by atoms with van der Waals surface area (Å²) in [5, 5.41) is 0. The van der Waals surface area contributed by atoms with Gasteiger partial charge in [-0.15, -0.1) is 0 Å². The van der Waals surface area contributed by atoms with Crippen LogP contribution in [0.15, 0.2) is 24.3 Å². The number of carbonyl (C=O) groups is 4. The number of esters is 4. The van der Waals surface area contributed by atoms with Gasteiger partial charge in [0.25, 0.3) is 0 Å². The minimum atomic E-state index is -0.955. The Morgan fingerprint density at radius 2 is 1.04 bits per heavy atom. The maximum atomic E-state index is 11.7. The Morgan fingerprint density at radius 3 is 1.32 bits per heavy atom. The lowest BCUT2D eigenvalue weighted by Crippen LogP contribution is -2.28. The third-order valence-electron chi connectivity index (χ3n) is 3.23. The topological polar surface area (TPSA) is 124 Å². The highest BCUT2D eigenvalue weighted by atomic mass is 16.6. The van der Waals surface area contributed by atoms with E-state index >= 15 is 0 Å². The molecule has 0 aliphatic heterocycles.